The highest BCUT2D eigenvalue weighted by molar-refractivity contribution is 7.92. The summed E-state index contributed by atoms with van der Waals surface area (Å²) in [6.45, 7) is 2.49. The molecule has 2 amide bonds. The number of nitrogens with zero attached hydrogens (tertiary/aromatic N) is 2. The van der Waals surface area contributed by atoms with Crippen molar-refractivity contribution in [2.75, 3.05) is 23.7 Å². The van der Waals surface area contributed by atoms with Crippen LogP contribution in [0.2, 0.25) is 0 Å². The average Bonchev–Trinajstić information content (AvgIpc) is 2.90. The van der Waals surface area contributed by atoms with Gasteiger partial charge in [-0.2, -0.15) is 0 Å². The van der Waals surface area contributed by atoms with Crippen molar-refractivity contribution in [2.45, 2.75) is 64.0 Å². The van der Waals surface area contributed by atoms with Crippen molar-refractivity contribution in [1.29, 1.82) is 0 Å². The summed E-state index contributed by atoms with van der Waals surface area (Å²) in [5.74, 6) is 0.631. The molecule has 11 heteroatoms. The van der Waals surface area contributed by atoms with Gasteiger partial charge in [-0.15, -0.1) is 12.4 Å². The maximum absolute atomic E-state index is 12.8. The molecule has 2 fully saturated rings. The van der Waals surface area contributed by atoms with E-state index in [4.69, 9.17) is 16.2 Å². The number of likely N-dealkylation sites (tertiary alicyclic amines) is 1. The molecule has 4 N–H and O–H groups in total. The van der Waals surface area contributed by atoms with Crippen molar-refractivity contribution < 1.29 is 22.7 Å². The molecule has 0 unspecified atom stereocenters. The summed E-state index contributed by atoms with van der Waals surface area (Å²) < 4.78 is 32.7. The van der Waals surface area contributed by atoms with Crippen LogP contribution < -0.4 is 20.5 Å². The first kappa shape index (κ1) is 31.7. The quantitative estimate of drug-likeness (QED) is 0.401. The molecule has 2 aliphatic rings. The monoisotopic (exact) mass is 592 g/mol. The Bertz CT molecular complexity index is 1230. The van der Waals surface area contributed by atoms with Gasteiger partial charge in [-0.25, -0.2) is 8.42 Å². The Hall–Kier alpha value is -2.82. The van der Waals surface area contributed by atoms with Crippen LogP contribution in [0.25, 0.3) is 0 Å². The van der Waals surface area contributed by atoms with E-state index in [0.29, 0.717) is 23.6 Å². The van der Waals surface area contributed by atoms with Gasteiger partial charge in [0, 0.05) is 12.5 Å². The van der Waals surface area contributed by atoms with Crippen LogP contribution in [0.1, 0.15) is 56.9 Å². The lowest BCUT2D eigenvalue weighted by atomic mass is 9.84. The van der Waals surface area contributed by atoms with Gasteiger partial charge >= 0.3 is 0 Å². The summed E-state index contributed by atoms with van der Waals surface area (Å²) in [6, 6.07) is 13.6. The number of piperidine rings is 1. The number of primary amides is 2. The number of hydrogen-bond donors (Lipinski definition) is 2. The Balaban J connectivity index is 0.00000441. The van der Waals surface area contributed by atoms with Gasteiger partial charge in [-0.05, 0) is 80.2 Å². The van der Waals surface area contributed by atoms with Crippen molar-refractivity contribution >= 4 is 39.9 Å². The van der Waals surface area contributed by atoms with Gasteiger partial charge in [-0.3, -0.25) is 18.8 Å². The molecule has 0 bridgehead atoms. The lowest BCUT2D eigenvalue weighted by Crippen LogP contribution is -2.48. The highest BCUT2D eigenvalue weighted by Crippen LogP contribution is 2.33. The van der Waals surface area contributed by atoms with Crippen LogP contribution in [0, 0.1) is 11.8 Å². The van der Waals surface area contributed by atoms with Crippen LogP contribution >= 0.6 is 12.4 Å². The molecular weight excluding hydrogens is 552 g/mol. The first-order chi connectivity index (χ1) is 18.6. The maximum Gasteiger partial charge on any atom is 0.241 e. The zero-order valence-corrected chi connectivity index (χ0v) is 24.7. The molecule has 2 aromatic rings. The fourth-order valence-corrected chi connectivity index (χ4v) is 6.92. The third-order valence-electron chi connectivity index (χ3n) is 7.90. The number of benzene rings is 2. The molecule has 40 heavy (non-hydrogen) atoms. The van der Waals surface area contributed by atoms with E-state index in [1.165, 1.54) is 6.42 Å². The molecular formula is C29H41ClN4O5S. The molecule has 1 saturated carbocycles. The van der Waals surface area contributed by atoms with E-state index in [0.717, 1.165) is 74.3 Å². The van der Waals surface area contributed by atoms with E-state index in [-0.39, 0.29) is 30.2 Å². The second-order valence-corrected chi connectivity index (χ2v) is 12.8. The summed E-state index contributed by atoms with van der Waals surface area (Å²) in [7, 11) is -3.74. The van der Waals surface area contributed by atoms with Gasteiger partial charge in [0.25, 0.3) is 0 Å². The Labute approximate surface area is 243 Å². The van der Waals surface area contributed by atoms with Crippen molar-refractivity contribution in [3.8, 4) is 11.5 Å². The van der Waals surface area contributed by atoms with Crippen LogP contribution in [0.4, 0.5) is 5.69 Å². The Kier molecular flexibility index (Phi) is 11.2. The van der Waals surface area contributed by atoms with Crippen LogP contribution in [0.5, 0.6) is 11.5 Å². The summed E-state index contributed by atoms with van der Waals surface area (Å²) in [5.41, 5.74) is 12.7. The lowest BCUT2D eigenvalue weighted by molar-refractivity contribution is -0.123. The molecule has 9 nitrogen and oxygen atoms in total. The smallest absolute Gasteiger partial charge is 0.241 e. The summed E-state index contributed by atoms with van der Waals surface area (Å²) in [6.07, 6.45) is 8.46. The fraction of sp³-hybridized carbons (Fsp3) is 0.517. The second-order valence-electron chi connectivity index (χ2n) is 10.9. The summed E-state index contributed by atoms with van der Waals surface area (Å²) >= 11 is 0. The molecule has 1 heterocycles. The third-order valence-corrected chi connectivity index (χ3v) is 9.08. The van der Waals surface area contributed by atoms with Gasteiger partial charge in [0.1, 0.15) is 17.5 Å². The van der Waals surface area contributed by atoms with Gasteiger partial charge in [-0.1, -0.05) is 44.2 Å². The topological polar surface area (TPSA) is 136 Å². The van der Waals surface area contributed by atoms with Gasteiger partial charge in [0.05, 0.1) is 11.9 Å². The predicted octanol–water partition coefficient (Wildman–Crippen LogP) is 4.19. The van der Waals surface area contributed by atoms with Gasteiger partial charge < -0.3 is 16.2 Å². The zero-order chi connectivity index (χ0) is 28.0. The fourth-order valence-electron chi connectivity index (χ4n) is 5.76. The first-order valence-electron chi connectivity index (χ1n) is 13.8. The SMILES string of the molecule is CS(=O)(=O)N(c1ccc(Oc2ccc(CN3CCC(C(N)=O)CC3)cc2)cc1)[C@@H](CC1CCCCC1)C(N)=O.Cl. The first-order valence-corrected chi connectivity index (χ1v) is 15.6. The molecule has 1 saturated heterocycles. The molecule has 1 atom stereocenters. The van der Waals surface area contributed by atoms with E-state index in [1.807, 2.05) is 24.3 Å². The molecule has 1 aliphatic heterocycles. The highest BCUT2D eigenvalue weighted by atomic mass is 35.5. The third kappa shape index (κ3) is 8.59. The Morgan fingerprint density at radius 3 is 1.98 bits per heavy atom. The largest absolute Gasteiger partial charge is 0.457 e. The summed E-state index contributed by atoms with van der Waals surface area (Å²) in [5, 5.41) is 0. The van der Waals surface area contributed by atoms with Crippen LogP contribution in [-0.2, 0) is 26.2 Å². The van der Waals surface area contributed by atoms with Gasteiger partial charge in [0.2, 0.25) is 21.8 Å². The van der Waals surface area contributed by atoms with Gasteiger partial charge in [0.15, 0.2) is 0 Å². The van der Waals surface area contributed by atoms with Crippen LogP contribution in [0.3, 0.4) is 0 Å². The molecule has 0 aromatic heterocycles. The maximum atomic E-state index is 12.8. The molecule has 0 spiro atoms. The number of anilines is 1. The van der Waals surface area contributed by atoms with E-state index in [2.05, 4.69) is 4.90 Å². The number of halogens is 1. The second kappa shape index (κ2) is 14.2. The molecule has 4 rings (SSSR count). The minimum Gasteiger partial charge on any atom is -0.457 e. The van der Waals surface area contributed by atoms with Crippen molar-refractivity contribution in [2.24, 2.45) is 23.3 Å². The Morgan fingerprint density at radius 2 is 1.48 bits per heavy atom. The number of nitrogens with two attached hydrogens (primary N) is 2. The Morgan fingerprint density at radius 1 is 0.925 bits per heavy atom. The minimum atomic E-state index is -3.74. The van der Waals surface area contributed by atoms with E-state index in [1.54, 1.807) is 24.3 Å². The molecule has 2 aromatic carbocycles. The predicted molar refractivity (Wildman–Crippen MR) is 159 cm³/mol. The normalized spacial score (nSPS) is 17.9. The van der Waals surface area contributed by atoms with Crippen molar-refractivity contribution in [3.63, 3.8) is 0 Å². The number of carbonyl (C=O) groups excluding carboxylic acids is 2. The molecule has 220 valence electrons. The number of amides is 2. The van der Waals surface area contributed by atoms with Crippen molar-refractivity contribution in [1.82, 2.24) is 4.90 Å². The number of ether oxygens (including phenoxy) is 1. The number of sulfonamides is 1. The number of hydrogen-bond acceptors (Lipinski definition) is 6. The van der Waals surface area contributed by atoms with Crippen LogP contribution in [0.15, 0.2) is 48.5 Å². The van der Waals surface area contributed by atoms with Crippen molar-refractivity contribution in [3.05, 3.63) is 54.1 Å². The van der Waals surface area contributed by atoms with E-state index >= 15 is 0 Å². The number of carbonyl (C=O) groups is 2. The standard InChI is InChI=1S/C29H40N4O5S.ClH/c1-39(36,37)33(27(29(31)35)19-21-5-3-2-4-6-21)24-9-13-26(14-10-24)38-25-11-7-22(8-12-25)20-32-17-15-23(16-18-32)28(30)34;/h7-14,21,23,27H,2-6,15-20H2,1H3,(H2,30,34)(H2,31,35);1H/t27-;/m0./s1. The summed E-state index contributed by atoms with van der Waals surface area (Å²) in [4.78, 5) is 26.1. The average molecular weight is 593 g/mol. The van der Waals surface area contributed by atoms with E-state index in [9.17, 15) is 18.0 Å². The number of rotatable bonds is 11. The zero-order valence-electron chi connectivity index (χ0n) is 23.0. The molecule has 1 aliphatic carbocycles. The lowest BCUT2D eigenvalue weighted by Gasteiger charge is -2.33. The highest BCUT2D eigenvalue weighted by Gasteiger charge is 2.34. The van der Waals surface area contributed by atoms with Crippen LogP contribution in [-0.4, -0.2) is 50.5 Å². The molecule has 0 radical (unpaired) electrons. The minimum absolute atomic E-state index is 0. The van der Waals surface area contributed by atoms with E-state index < -0.39 is 22.0 Å².